The van der Waals surface area contributed by atoms with E-state index in [0.717, 1.165) is 22.4 Å². The second-order valence-corrected chi connectivity index (χ2v) is 7.84. The van der Waals surface area contributed by atoms with Crippen LogP contribution in [-0.4, -0.2) is 26.2 Å². The number of rotatable bonds is 6. The van der Waals surface area contributed by atoms with Gasteiger partial charge in [0.25, 0.3) is 5.91 Å². The van der Waals surface area contributed by atoms with Gasteiger partial charge in [0.1, 0.15) is 11.8 Å². The largest absolute Gasteiger partial charge is 0.493 e. The Hall–Kier alpha value is -3.47. The van der Waals surface area contributed by atoms with Crippen molar-refractivity contribution in [1.29, 1.82) is 0 Å². The molecule has 0 unspecified atom stereocenters. The van der Waals surface area contributed by atoms with E-state index in [0.29, 0.717) is 17.2 Å². The Kier molecular flexibility index (Phi) is 5.59. The number of methoxy groups -OCH3 is 2. The molecular formula is C26H27NO4. The molecule has 4 rings (SSSR count). The van der Waals surface area contributed by atoms with Gasteiger partial charge in [0.2, 0.25) is 6.10 Å². The highest BCUT2D eigenvalue weighted by molar-refractivity contribution is 6.05. The fourth-order valence-electron chi connectivity index (χ4n) is 3.93. The molecule has 0 radical (unpaired) electrons. The molecule has 1 saturated heterocycles. The third kappa shape index (κ3) is 3.72. The first-order valence-electron chi connectivity index (χ1n) is 10.3. The van der Waals surface area contributed by atoms with E-state index >= 15 is 0 Å². The van der Waals surface area contributed by atoms with Crippen LogP contribution in [0, 0.1) is 20.8 Å². The first-order chi connectivity index (χ1) is 14.9. The highest BCUT2D eigenvalue weighted by atomic mass is 16.5. The summed E-state index contributed by atoms with van der Waals surface area (Å²) in [5.41, 5.74) is 5.10. The molecule has 0 aliphatic carbocycles. The van der Waals surface area contributed by atoms with Crippen molar-refractivity contribution in [1.82, 2.24) is 0 Å². The van der Waals surface area contributed by atoms with Crippen molar-refractivity contribution in [3.8, 4) is 17.2 Å². The predicted octanol–water partition coefficient (Wildman–Crippen LogP) is 5.16. The second-order valence-electron chi connectivity index (χ2n) is 7.84. The van der Waals surface area contributed by atoms with Crippen LogP contribution in [0.2, 0.25) is 0 Å². The van der Waals surface area contributed by atoms with Crippen LogP contribution in [0.1, 0.15) is 28.3 Å². The summed E-state index contributed by atoms with van der Waals surface area (Å²) >= 11 is 0. The summed E-state index contributed by atoms with van der Waals surface area (Å²) in [5.74, 6) is 1.91. The van der Waals surface area contributed by atoms with Gasteiger partial charge in [-0.3, -0.25) is 9.69 Å². The minimum atomic E-state index is -0.624. The lowest BCUT2D eigenvalue weighted by Crippen LogP contribution is -2.61. The summed E-state index contributed by atoms with van der Waals surface area (Å²) in [7, 11) is 3.21. The van der Waals surface area contributed by atoms with Gasteiger partial charge in [-0.25, -0.2) is 0 Å². The molecule has 31 heavy (non-hydrogen) atoms. The summed E-state index contributed by atoms with van der Waals surface area (Å²) in [6, 6.07) is 19.3. The Balaban J connectivity index is 1.76. The summed E-state index contributed by atoms with van der Waals surface area (Å²) in [6.07, 6.45) is -0.624. The molecule has 5 heteroatoms. The van der Waals surface area contributed by atoms with E-state index in [2.05, 4.69) is 13.8 Å². The Morgan fingerprint density at radius 3 is 2.16 bits per heavy atom. The molecule has 0 N–H and O–H groups in total. The quantitative estimate of drug-likeness (QED) is 0.520. The summed E-state index contributed by atoms with van der Waals surface area (Å²) in [6.45, 7) is 6.09. The normalized spacial score (nSPS) is 17.8. The average molecular weight is 418 g/mol. The molecule has 0 aromatic heterocycles. The van der Waals surface area contributed by atoms with Crippen LogP contribution < -0.4 is 19.1 Å². The molecule has 5 nitrogen and oxygen atoms in total. The molecule has 0 saturated carbocycles. The van der Waals surface area contributed by atoms with Crippen molar-refractivity contribution in [2.75, 3.05) is 19.1 Å². The maximum absolute atomic E-state index is 13.3. The number of benzene rings is 3. The summed E-state index contributed by atoms with van der Waals surface area (Å²) in [4.78, 5) is 15.1. The summed E-state index contributed by atoms with van der Waals surface area (Å²) in [5, 5.41) is 0. The minimum absolute atomic E-state index is 0.0636. The third-order valence-electron chi connectivity index (χ3n) is 5.91. The fraction of sp³-hybridized carbons (Fsp3) is 0.269. The lowest BCUT2D eigenvalue weighted by Gasteiger charge is -2.47. The third-order valence-corrected chi connectivity index (χ3v) is 5.91. The van der Waals surface area contributed by atoms with Crippen molar-refractivity contribution in [2.24, 2.45) is 0 Å². The summed E-state index contributed by atoms with van der Waals surface area (Å²) < 4.78 is 17.1. The van der Waals surface area contributed by atoms with Gasteiger partial charge < -0.3 is 14.2 Å². The van der Waals surface area contributed by atoms with Gasteiger partial charge >= 0.3 is 0 Å². The number of β-lactam (4-membered cyclic amide) rings is 1. The Bertz CT molecular complexity index is 1120. The van der Waals surface area contributed by atoms with Crippen LogP contribution >= 0.6 is 0 Å². The zero-order valence-corrected chi connectivity index (χ0v) is 18.5. The zero-order valence-electron chi connectivity index (χ0n) is 18.5. The lowest BCUT2D eigenvalue weighted by molar-refractivity contribution is -0.135. The smallest absolute Gasteiger partial charge is 0.271 e. The molecule has 1 amide bonds. The number of amides is 1. The van der Waals surface area contributed by atoms with E-state index in [4.69, 9.17) is 14.2 Å². The maximum atomic E-state index is 13.3. The van der Waals surface area contributed by atoms with Crippen molar-refractivity contribution in [3.63, 3.8) is 0 Å². The Morgan fingerprint density at radius 1 is 0.742 bits per heavy atom. The second kappa shape index (κ2) is 8.34. The molecule has 2 atom stereocenters. The number of hydrogen-bond donors (Lipinski definition) is 0. The SMILES string of the molecule is COc1ccc([C@@H]2[C@@H](Oc3ccccc3C)C(=O)N2c2ccc(C)c(C)c2)cc1OC. The first-order valence-corrected chi connectivity index (χ1v) is 10.3. The average Bonchev–Trinajstić information content (AvgIpc) is 2.78. The molecule has 3 aromatic carbocycles. The molecule has 1 aliphatic rings. The number of hydrogen-bond acceptors (Lipinski definition) is 4. The zero-order chi connectivity index (χ0) is 22.1. The predicted molar refractivity (Wildman–Crippen MR) is 121 cm³/mol. The van der Waals surface area contributed by atoms with E-state index < -0.39 is 6.10 Å². The van der Waals surface area contributed by atoms with Gasteiger partial charge in [-0.1, -0.05) is 30.3 Å². The van der Waals surface area contributed by atoms with Gasteiger partial charge in [-0.2, -0.15) is 0 Å². The number of para-hydroxylation sites is 1. The highest BCUT2D eigenvalue weighted by Gasteiger charge is 2.51. The van der Waals surface area contributed by atoms with Crippen molar-refractivity contribution < 1.29 is 19.0 Å². The maximum Gasteiger partial charge on any atom is 0.271 e. The number of aryl methyl sites for hydroxylation is 3. The number of anilines is 1. The van der Waals surface area contributed by atoms with Crippen LogP contribution in [0.5, 0.6) is 17.2 Å². The first kappa shape index (κ1) is 20.8. The number of nitrogens with zero attached hydrogens (tertiary/aromatic N) is 1. The van der Waals surface area contributed by atoms with E-state index in [1.54, 1.807) is 19.1 Å². The van der Waals surface area contributed by atoms with E-state index in [1.807, 2.05) is 67.6 Å². The van der Waals surface area contributed by atoms with Crippen molar-refractivity contribution >= 4 is 11.6 Å². The minimum Gasteiger partial charge on any atom is -0.493 e. The Morgan fingerprint density at radius 2 is 1.48 bits per heavy atom. The van der Waals surface area contributed by atoms with Crippen molar-refractivity contribution in [3.05, 3.63) is 82.9 Å². The van der Waals surface area contributed by atoms with E-state index in [9.17, 15) is 4.79 Å². The number of ether oxygens (including phenoxy) is 3. The topological polar surface area (TPSA) is 48.0 Å². The van der Waals surface area contributed by atoms with Gasteiger partial charge in [-0.05, 0) is 73.4 Å². The number of carbonyl (C=O) groups excluding carboxylic acids is 1. The highest BCUT2D eigenvalue weighted by Crippen LogP contribution is 2.44. The fourth-order valence-corrected chi connectivity index (χ4v) is 3.93. The molecule has 3 aromatic rings. The van der Waals surface area contributed by atoms with Gasteiger partial charge in [-0.15, -0.1) is 0 Å². The number of carbonyl (C=O) groups is 1. The molecular weight excluding hydrogens is 390 g/mol. The van der Waals surface area contributed by atoms with Gasteiger partial charge in [0, 0.05) is 5.69 Å². The molecule has 0 bridgehead atoms. The molecule has 1 heterocycles. The standard InChI is InChI=1S/C26H27NO4/c1-16-10-12-20(14-18(16)3)27-24(19-11-13-22(29-4)23(15-19)30-5)25(26(27)28)31-21-9-7-6-8-17(21)2/h6-15,24-25H,1-5H3/t24-,25-/m1/s1. The molecule has 160 valence electrons. The van der Waals surface area contributed by atoms with Gasteiger partial charge in [0.05, 0.1) is 14.2 Å². The van der Waals surface area contributed by atoms with E-state index in [-0.39, 0.29) is 11.9 Å². The molecule has 1 aliphatic heterocycles. The van der Waals surface area contributed by atoms with Crippen LogP contribution in [0.15, 0.2) is 60.7 Å². The van der Waals surface area contributed by atoms with Crippen LogP contribution in [0.4, 0.5) is 5.69 Å². The van der Waals surface area contributed by atoms with Crippen LogP contribution in [-0.2, 0) is 4.79 Å². The van der Waals surface area contributed by atoms with Crippen molar-refractivity contribution in [2.45, 2.75) is 32.9 Å². The monoisotopic (exact) mass is 417 g/mol. The van der Waals surface area contributed by atoms with Gasteiger partial charge in [0.15, 0.2) is 11.5 Å². The van der Waals surface area contributed by atoms with Crippen LogP contribution in [0.25, 0.3) is 0 Å². The van der Waals surface area contributed by atoms with Crippen LogP contribution in [0.3, 0.4) is 0 Å². The Labute approximate surface area is 183 Å². The molecule has 1 fully saturated rings. The molecule has 0 spiro atoms. The van der Waals surface area contributed by atoms with E-state index in [1.165, 1.54) is 5.56 Å². The lowest BCUT2D eigenvalue weighted by atomic mass is 9.89.